The molecule has 3 aromatic rings. The van der Waals surface area contributed by atoms with Crippen LogP contribution in [0.1, 0.15) is 34.7 Å². The number of nitrogens with zero attached hydrogens (tertiary/aromatic N) is 2. The monoisotopic (exact) mass is 317 g/mol. The number of benzene rings is 2. The lowest BCUT2D eigenvalue weighted by Gasteiger charge is -2.14. The number of hydrogen-bond donors (Lipinski definition) is 1. The Balaban J connectivity index is 1.70. The second-order valence-electron chi connectivity index (χ2n) is 5.73. The van der Waals surface area contributed by atoms with E-state index in [4.69, 9.17) is 0 Å². The predicted octanol–water partition coefficient (Wildman–Crippen LogP) is 3.94. The molecule has 0 fully saturated rings. The number of hydrogen-bond acceptors (Lipinski definition) is 3. The summed E-state index contributed by atoms with van der Waals surface area (Å²) in [6.07, 6.45) is 3.09. The van der Waals surface area contributed by atoms with Crippen LogP contribution in [0.15, 0.2) is 67.0 Å². The summed E-state index contributed by atoms with van der Waals surface area (Å²) in [6.45, 7) is 3.79. The number of amides is 1. The highest BCUT2D eigenvalue weighted by Crippen LogP contribution is 2.21. The summed E-state index contributed by atoms with van der Waals surface area (Å²) in [7, 11) is 0. The van der Waals surface area contributed by atoms with Crippen molar-refractivity contribution in [3.63, 3.8) is 0 Å². The molecule has 0 aliphatic heterocycles. The first kappa shape index (κ1) is 15.9. The van der Waals surface area contributed by atoms with Crippen LogP contribution in [0, 0.1) is 6.92 Å². The van der Waals surface area contributed by atoms with Crippen molar-refractivity contribution in [2.45, 2.75) is 19.9 Å². The normalized spacial score (nSPS) is 11.8. The Morgan fingerprint density at radius 2 is 1.58 bits per heavy atom. The molecule has 1 aromatic heterocycles. The standard InChI is InChI=1S/C20H19N3O/c1-14-12-22-19(13-21-14)20(24)23-15(2)16-8-10-18(11-9-16)17-6-4-3-5-7-17/h3-13,15H,1-2H3,(H,23,24)/t15-/m0/s1. The van der Waals surface area contributed by atoms with Gasteiger partial charge < -0.3 is 5.32 Å². The largest absolute Gasteiger partial charge is 0.344 e. The molecule has 0 bridgehead atoms. The molecule has 0 saturated heterocycles. The molecule has 2 aromatic carbocycles. The molecule has 0 spiro atoms. The maximum absolute atomic E-state index is 12.2. The number of aromatic nitrogens is 2. The number of rotatable bonds is 4. The van der Waals surface area contributed by atoms with Crippen LogP contribution >= 0.6 is 0 Å². The van der Waals surface area contributed by atoms with Gasteiger partial charge in [-0.25, -0.2) is 4.98 Å². The summed E-state index contributed by atoms with van der Waals surface area (Å²) in [4.78, 5) is 20.4. The zero-order valence-corrected chi connectivity index (χ0v) is 13.7. The van der Waals surface area contributed by atoms with Crippen molar-refractivity contribution >= 4 is 5.91 Å². The van der Waals surface area contributed by atoms with E-state index < -0.39 is 0 Å². The molecule has 1 amide bonds. The second-order valence-corrected chi connectivity index (χ2v) is 5.73. The number of carbonyl (C=O) groups is 1. The molecule has 1 atom stereocenters. The summed E-state index contributed by atoms with van der Waals surface area (Å²) in [6, 6.07) is 18.3. The number of carbonyl (C=O) groups excluding carboxylic acids is 1. The summed E-state index contributed by atoms with van der Waals surface area (Å²) in [5, 5.41) is 2.95. The van der Waals surface area contributed by atoms with Gasteiger partial charge in [-0.1, -0.05) is 54.6 Å². The first-order valence-corrected chi connectivity index (χ1v) is 7.88. The minimum atomic E-state index is -0.220. The van der Waals surface area contributed by atoms with Crippen LogP contribution < -0.4 is 5.32 Å². The van der Waals surface area contributed by atoms with E-state index in [-0.39, 0.29) is 11.9 Å². The van der Waals surface area contributed by atoms with E-state index in [2.05, 4.69) is 39.6 Å². The lowest BCUT2D eigenvalue weighted by Crippen LogP contribution is -2.27. The van der Waals surface area contributed by atoms with Crippen LogP contribution in [-0.2, 0) is 0 Å². The Bertz CT molecular complexity index is 812. The maximum Gasteiger partial charge on any atom is 0.271 e. The number of aryl methyl sites for hydroxylation is 1. The first-order valence-electron chi connectivity index (χ1n) is 7.88. The van der Waals surface area contributed by atoms with Gasteiger partial charge in [-0.2, -0.15) is 0 Å². The molecule has 120 valence electrons. The molecule has 3 rings (SSSR count). The molecule has 0 radical (unpaired) electrons. The van der Waals surface area contributed by atoms with Gasteiger partial charge in [0.05, 0.1) is 17.9 Å². The van der Waals surface area contributed by atoms with Crippen molar-refractivity contribution in [2.75, 3.05) is 0 Å². The zero-order valence-electron chi connectivity index (χ0n) is 13.7. The van der Waals surface area contributed by atoms with Crippen molar-refractivity contribution in [3.05, 3.63) is 83.9 Å². The van der Waals surface area contributed by atoms with Crippen molar-refractivity contribution in [3.8, 4) is 11.1 Å². The van der Waals surface area contributed by atoms with Crippen LogP contribution in [0.5, 0.6) is 0 Å². The molecule has 0 saturated carbocycles. The minimum Gasteiger partial charge on any atom is -0.344 e. The van der Waals surface area contributed by atoms with E-state index in [1.54, 1.807) is 6.20 Å². The third kappa shape index (κ3) is 3.66. The highest BCUT2D eigenvalue weighted by atomic mass is 16.1. The van der Waals surface area contributed by atoms with Gasteiger partial charge in [0.25, 0.3) is 5.91 Å². The SMILES string of the molecule is Cc1cnc(C(=O)N[C@@H](C)c2ccc(-c3ccccc3)cc2)cn1. The van der Waals surface area contributed by atoms with Crippen LogP contribution in [0.2, 0.25) is 0 Å². The van der Waals surface area contributed by atoms with Gasteiger partial charge in [-0.3, -0.25) is 9.78 Å². The average Bonchev–Trinajstić information content (AvgIpc) is 2.63. The van der Waals surface area contributed by atoms with Crippen LogP contribution in [0.4, 0.5) is 0 Å². The predicted molar refractivity (Wildman–Crippen MR) is 94.5 cm³/mol. The quantitative estimate of drug-likeness (QED) is 0.793. The molecule has 1 heterocycles. The van der Waals surface area contributed by atoms with E-state index >= 15 is 0 Å². The Morgan fingerprint density at radius 1 is 0.917 bits per heavy atom. The summed E-state index contributed by atoms with van der Waals surface area (Å²) >= 11 is 0. The zero-order chi connectivity index (χ0) is 16.9. The van der Waals surface area contributed by atoms with E-state index in [1.807, 2.05) is 44.2 Å². The average molecular weight is 317 g/mol. The fraction of sp³-hybridized carbons (Fsp3) is 0.150. The molecule has 0 unspecified atom stereocenters. The highest BCUT2D eigenvalue weighted by molar-refractivity contribution is 5.92. The van der Waals surface area contributed by atoms with Crippen LogP contribution in [0.3, 0.4) is 0 Å². The van der Waals surface area contributed by atoms with Gasteiger partial charge in [0.15, 0.2) is 0 Å². The first-order chi connectivity index (χ1) is 11.6. The summed E-state index contributed by atoms with van der Waals surface area (Å²) < 4.78 is 0. The molecule has 0 aliphatic carbocycles. The molecule has 4 heteroatoms. The Kier molecular flexibility index (Phi) is 4.66. The van der Waals surface area contributed by atoms with Crippen molar-refractivity contribution in [2.24, 2.45) is 0 Å². The Morgan fingerprint density at radius 3 is 2.21 bits per heavy atom. The van der Waals surface area contributed by atoms with Gasteiger partial charge in [-0.15, -0.1) is 0 Å². The van der Waals surface area contributed by atoms with Gasteiger partial charge in [0, 0.05) is 6.20 Å². The highest BCUT2D eigenvalue weighted by Gasteiger charge is 2.13. The lowest BCUT2D eigenvalue weighted by molar-refractivity contribution is 0.0934. The third-order valence-corrected chi connectivity index (χ3v) is 3.88. The Labute approximate surface area is 141 Å². The fourth-order valence-electron chi connectivity index (χ4n) is 2.46. The second kappa shape index (κ2) is 7.04. The number of nitrogens with one attached hydrogen (secondary N) is 1. The van der Waals surface area contributed by atoms with Gasteiger partial charge >= 0.3 is 0 Å². The van der Waals surface area contributed by atoms with E-state index in [0.29, 0.717) is 5.69 Å². The molecule has 1 N–H and O–H groups in total. The summed E-state index contributed by atoms with van der Waals surface area (Å²) in [5.74, 6) is -0.220. The van der Waals surface area contributed by atoms with Gasteiger partial charge in [0.1, 0.15) is 5.69 Å². The van der Waals surface area contributed by atoms with E-state index in [9.17, 15) is 4.79 Å². The van der Waals surface area contributed by atoms with E-state index in [0.717, 1.165) is 16.8 Å². The van der Waals surface area contributed by atoms with Crippen molar-refractivity contribution in [1.29, 1.82) is 0 Å². The van der Waals surface area contributed by atoms with E-state index in [1.165, 1.54) is 11.8 Å². The topological polar surface area (TPSA) is 54.9 Å². The third-order valence-electron chi connectivity index (χ3n) is 3.88. The van der Waals surface area contributed by atoms with Crippen molar-refractivity contribution in [1.82, 2.24) is 15.3 Å². The Hall–Kier alpha value is -3.01. The molecule has 24 heavy (non-hydrogen) atoms. The lowest BCUT2D eigenvalue weighted by atomic mass is 10.0. The fourth-order valence-corrected chi connectivity index (χ4v) is 2.46. The van der Waals surface area contributed by atoms with Crippen LogP contribution in [-0.4, -0.2) is 15.9 Å². The summed E-state index contributed by atoms with van der Waals surface area (Å²) in [5.41, 5.74) is 4.49. The van der Waals surface area contributed by atoms with Crippen LogP contribution in [0.25, 0.3) is 11.1 Å². The molecular formula is C20H19N3O. The molecular weight excluding hydrogens is 298 g/mol. The maximum atomic E-state index is 12.2. The smallest absolute Gasteiger partial charge is 0.271 e. The minimum absolute atomic E-state index is 0.106. The van der Waals surface area contributed by atoms with Gasteiger partial charge in [-0.05, 0) is 30.5 Å². The van der Waals surface area contributed by atoms with Gasteiger partial charge in [0.2, 0.25) is 0 Å². The van der Waals surface area contributed by atoms with Crippen molar-refractivity contribution < 1.29 is 4.79 Å². The molecule has 4 nitrogen and oxygen atoms in total. The molecule has 0 aliphatic rings.